The van der Waals surface area contributed by atoms with E-state index in [1.807, 2.05) is 6.92 Å². The number of hydrogen-bond acceptors (Lipinski definition) is 2. The van der Waals surface area contributed by atoms with E-state index in [1.54, 1.807) is 0 Å². The van der Waals surface area contributed by atoms with Crippen LogP contribution >= 0.6 is 0 Å². The Hall–Kier alpha value is 0.650. The third kappa shape index (κ3) is 3.37. The van der Waals surface area contributed by atoms with Crippen LogP contribution in [0.2, 0.25) is 0 Å². The summed E-state index contributed by atoms with van der Waals surface area (Å²) in [6.07, 6.45) is 0. The minimum absolute atomic E-state index is 0.109. The summed E-state index contributed by atoms with van der Waals surface area (Å²) in [7, 11) is 0. The van der Waals surface area contributed by atoms with Crippen molar-refractivity contribution in [3.05, 3.63) is 0 Å². The number of nitrogens with two attached hydrogens (primary N) is 2. The van der Waals surface area contributed by atoms with E-state index in [9.17, 15) is 0 Å². The molecule has 0 heterocycles. The average molecular weight is 243 g/mol. The Kier molecular flexibility index (Phi) is 4.79. The zero-order valence-electron chi connectivity index (χ0n) is 6.26. The summed E-state index contributed by atoms with van der Waals surface area (Å²) in [5.74, 6) is 0.586. The third-order valence-corrected chi connectivity index (χ3v) is 4.02. The molecule has 0 spiro atoms. The summed E-state index contributed by atoms with van der Waals surface area (Å²) < 4.78 is 6.22. The van der Waals surface area contributed by atoms with Gasteiger partial charge in [0.2, 0.25) is 0 Å². The van der Waals surface area contributed by atoms with Gasteiger partial charge in [0.1, 0.15) is 0 Å². The van der Waals surface area contributed by atoms with E-state index in [-0.39, 0.29) is 21.5 Å². The van der Waals surface area contributed by atoms with E-state index >= 15 is 0 Å². The van der Waals surface area contributed by atoms with E-state index in [1.165, 1.54) is 0 Å². The van der Waals surface area contributed by atoms with Crippen LogP contribution in [0.1, 0.15) is 20.8 Å². The molecule has 0 aromatic rings. The molecule has 0 bridgehead atoms. The van der Waals surface area contributed by atoms with Gasteiger partial charge in [0.15, 0.2) is 0 Å². The molecule has 9 heavy (non-hydrogen) atoms. The molecule has 3 atom stereocenters. The first-order valence-corrected chi connectivity index (χ1v) is 5.66. The Bertz CT molecular complexity index is 75.5. The predicted octanol–water partition coefficient (Wildman–Crippen LogP) is -2.68. The molecular formula is C6H16IN2-. The van der Waals surface area contributed by atoms with Crippen molar-refractivity contribution in [2.45, 2.75) is 30.7 Å². The van der Waals surface area contributed by atoms with Crippen LogP contribution in [0.5, 0.6) is 0 Å². The van der Waals surface area contributed by atoms with Gasteiger partial charge in [0.05, 0.1) is 0 Å². The second kappa shape index (κ2) is 4.46. The molecule has 0 aliphatic rings. The Morgan fingerprint density at radius 1 is 1.22 bits per heavy atom. The number of rotatable bonds is 3. The van der Waals surface area contributed by atoms with Crippen molar-refractivity contribution in [3.8, 4) is 0 Å². The molecule has 2 nitrogen and oxygen atoms in total. The molecule has 0 aliphatic heterocycles. The Balaban J connectivity index is 3.58. The van der Waals surface area contributed by atoms with Crippen molar-refractivity contribution < 1.29 is 21.5 Å². The van der Waals surface area contributed by atoms with Gasteiger partial charge < -0.3 is 0 Å². The summed E-state index contributed by atoms with van der Waals surface area (Å²) >= 11 is -0.109. The zero-order chi connectivity index (χ0) is 7.44. The van der Waals surface area contributed by atoms with Crippen LogP contribution in [0.25, 0.3) is 0 Å². The molecule has 3 unspecified atom stereocenters. The van der Waals surface area contributed by atoms with Crippen LogP contribution in [-0.2, 0) is 0 Å². The molecule has 4 N–H and O–H groups in total. The third-order valence-electron chi connectivity index (χ3n) is 1.75. The molecular weight excluding hydrogens is 227 g/mol. The molecule has 0 aromatic carbocycles. The summed E-state index contributed by atoms with van der Waals surface area (Å²) in [4.78, 5) is 0. The second-order valence-electron chi connectivity index (χ2n) is 2.52. The molecule has 58 valence electrons. The SMILES string of the molecule is CC(N)C(C)C(C)[I-]N. The maximum absolute atomic E-state index is 5.67. The van der Waals surface area contributed by atoms with Crippen LogP contribution in [0.3, 0.4) is 0 Å². The first kappa shape index (κ1) is 9.65. The van der Waals surface area contributed by atoms with Gasteiger partial charge in [-0.05, 0) is 0 Å². The molecule has 3 heteroatoms. The van der Waals surface area contributed by atoms with E-state index < -0.39 is 0 Å². The van der Waals surface area contributed by atoms with E-state index in [4.69, 9.17) is 9.68 Å². The topological polar surface area (TPSA) is 52.0 Å². The molecule has 0 amide bonds. The first-order valence-electron chi connectivity index (χ1n) is 3.17. The number of alkyl halides is 1. The van der Waals surface area contributed by atoms with Crippen LogP contribution in [0, 0.1) is 5.92 Å². The van der Waals surface area contributed by atoms with Crippen molar-refractivity contribution in [2.75, 3.05) is 0 Å². The van der Waals surface area contributed by atoms with Crippen molar-refractivity contribution in [1.29, 1.82) is 0 Å². The van der Waals surface area contributed by atoms with E-state index in [0.717, 1.165) is 0 Å². The van der Waals surface area contributed by atoms with Crippen molar-refractivity contribution >= 4 is 0 Å². The standard InChI is InChI=1S/C6H16IN2/c1-4(6(3)8)5(2)7-9/h4-6H,8-9H2,1-3H3/q-1. The Morgan fingerprint density at radius 2 is 1.67 bits per heavy atom. The summed E-state index contributed by atoms with van der Waals surface area (Å²) in [5.41, 5.74) is 5.67. The Labute approximate surface area is 68.0 Å². The van der Waals surface area contributed by atoms with Crippen LogP contribution in [-0.4, -0.2) is 9.97 Å². The summed E-state index contributed by atoms with van der Waals surface area (Å²) in [6.45, 7) is 6.39. The van der Waals surface area contributed by atoms with Crippen molar-refractivity contribution in [2.24, 2.45) is 15.6 Å². The van der Waals surface area contributed by atoms with Gasteiger partial charge in [-0.1, -0.05) is 0 Å². The molecule has 0 rings (SSSR count). The van der Waals surface area contributed by atoms with E-state index in [0.29, 0.717) is 15.9 Å². The van der Waals surface area contributed by atoms with Crippen LogP contribution in [0.4, 0.5) is 0 Å². The number of halogens is 1. The monoisotopic (exact) mass is 243 g/mol. The zero-order valence-corrected chi connectivity index (χ0v) is 8.42. The van der Waals surface area contributed by atoms with Crippen molar-refractivity contribution in [3.63, 3.8) is 0 Å². The molecule has 0 aromatic heterocycles. The van der Waals surface area contributed by atoms with Gasteiger partial charge >= 0.3 is 67.8 Å². The number of hydrogen-bond donors (Lipinski definition) is 2. The molecule has 0 saturated heterocycles. The van der Waals surface area contributed by atoms with Gasteiger partial charge in [-0.25, -0.2) is 0 Å². The fourth-order valence-corrected chi connectivity index (χ4v) is 1.84. The van der Waals surface area contributed by atoms with Crippen LogP contribution in [0.15, 0.2) is 0 Å². The van der Waals surface area contributed by atoms with Gasteiger partial charge in [-0.15, -0.1) is 0 Å². The normalized spacial score (nSPS) is 21.4. The summed E-state index contributed by atoms with van der Waals surface area (Å²) in [6, 6.07) is 0.295. The maximum atomic E-state index is 5.67. The molecule has 0 radical (unpaired) electrons. The fraction of sp³-hybridized carbons (Fsp3) is 1.00. The van der Waals surface area contributed by atoms with Gasteiger partial charge in [0, 0.05) is 0 Å². The van der Waals surface area contributed by atoms with Crippen LogP contribution < -0.4 is 31.2 Å². The molecule has 0 fully saturated rings. The van der Waals surface area contributed by atoms with E-state index in [2.05, 4.69) is 13.8 Å². The molecule has 0 aliphatic carbocycles. The van der Waals surface area contributed by atoms with Crippen molar-refractivity contribution in [1.82, 2.24) is 0 Å². The minimum atomic E-state index is -0.109. The first-order chi connectivity index (χ1) is 4.09. The Morgan fingerprint density at radius 3 is 1.78 bits per heavy atom. The molecule has 0 saturated carbocycles. The van der Waals surface area contributed by atoms with Gasteiger partial charge in [0.25, 0.3) is 0 Å². The average Bonchev–Trinajstić information content (AvgIpc) is 1.84. The fourth-order valence-electron chi connectivity index (χ4n) is 0.533. The van der Waals surface area contributed by atoms with Gasteiger partial charge in [-0.3, -0.25) is 0 Å². The predicted molar refractivity (Wildman–Crippen MR) is 36.5 cm³/mol. The quantitative estimate of drug-likeness (QED) is 0.322. The second-order valence-corrected chi connectivity index (χ2v) is 5.21. The van der Waals surface area contributed by atoms with Gasteiger partial charge in [-0.2, -0.15) is 0 Å². The summed E-state index contributed by atoms with van der Waals surface area (Å²) in [5, 5.41) is 0.